The van der Waals surface area contributed by atoms with Crippen LogP contribution in [0.3, 0.4) is 0 Å². The van der Waals surface area contributed by atoms with Crippen molar-refractivity contribution in [1.82, 2.24) is 5.32 Å². The molecule has 1 N–H and O–H groups in total. The number of ether oxygens (including phenoxy) is 1. The first-order valence-corrected chi connectivity index (χ1v) is 6.61. The van der Waals surface area contributed by atoms with E-state index >= 15 is 0 Å². The molecule has 2 heteroatoms. The first-order chi connectivity index (χ1) is 8.74. The maximum Gasteiger partial charge on any atom is 0.119 e. The molecule has 0 bridgehead atoms. The maximum atomic E-state index is 5.36. The molecule has 0 heterocycles. The SMILES string of the molecule is C#CCC(C)NC1CCCc2cc(OC)ccc21. The third-order valence-electron chi connectivity index (χ3n) is 3.57. The van der Waals surface area contributed by atoms with Gasteiger partial charge in [-0.3, -0.25) is 0 Å². The average molecular weight is 243 g/mol. The topological polar surface area (TPSA) is 21.3 Å². The van der Waals surface area contributed by atoms with Crippen molar-refractivity contribution >= 4 is 0 Å². The van der Waals surface area contributed by atoms with E-state index in [-0.39, 0.29) is 0 Å². The predicted molar refractivity (Wildman–Crippen MR) is 74.7 cm³/mol. The molecule has 1 aliphatic rings. The molecule has 18 heavy (non-hydrogen) atoms. The predicted octanol–water partition coefficient (Wildman–Crippen LogP) is 3.07. The summed E-state index contributed by atoms with van der Waals surface area (Å²) in [5.41, 5.74) is 2.82. The Labute approximate surface area is 110 Å². The van der Waals surface area contributed by atoms with Crippen molar-refractivity contribution in [2.45, 2.75) is 44.7 Å². The van der Waals surface area contributed by atoms with Crippen LogP contribution < -0.4 is 10.1 Å². The molecule has 1 aromatic carbocycles. The molecule has 2 rings (SSSR count). The number of aryl methyl sites for hydroxylation is 1. The number of benzene rings is 1. The van der Waals surface area contributed by atoms with Gasteiger partial charge in [-0.1, -0.05) is 6.07 Å². The summed E-state index contributed by atoms with van der Waals surface area (Å²) in [5, 5.41) is 3.63. The highest BCUT2D eigenvalue weighted by Gasteiger charge is 2.21. The molecular formula is C16H21NO. The highest BCUT2D eigenvalue weighted by atomic mass is 16.5. The lowest BCUT2D eigenvalue weighted by molar-refractivity contribution is 0.401. The van der Waals surface area contributed by atoms with Gasteiger partial charge in [-0.2, -0.15) is 0 Å². The number of rotatable bonds is 4. The molecule has 1 aromatic rings. The molecular weight excluding hydrogens is 222 g/mol. The van der Waals surface area contributed by atoms with Crippen molar-refractivity contribution in [3.8, 4) is 18.1 Å². The molecule has 0 saturated heterocycles. The van der Waals surface area contributed by atoms with Crippen LogP contribution in [0.5, 0.6) is 5.75 Å². The van der Waals surface area contributed by atoms with Crippen molar-refractivity contribution in [2.75, 3.05) is 7.11 Å². The van der Waals surface area contributed by atoms with Gasteiger partial charge < -0.3 is 10.1 Å². The number of nitrogens with one attached hydrogen (secondary N) is 1. The van der Waals surface area contributed by atoms with E-state index in [2.05, 4.69) is 30.3 Å². The summed E-state index contributed by atoms with van der Waals surface area (Å²) in [6.45, 7) is 2.15. The Morgan fingerprint density at radius 3 is 3.11 bits per heavy atom. The van der Waals surface area contributed by atoms with E-state index in [4.69, 9.17) is 11.2 Å². The zero-order chi connectivity index (χ0) is 13.0. The first kappa shape index (κ1) is 13.0. The van der Waals surface area contributed by atoms with Crippen LogP contribution in [0.15, 0.2) is 18.2 Å². The number of hydrogen-bond acceptors (Lipinski definition) is 2. The molecule has 0 saturated carbocycles. The molecule has 2 atom stereocenters. The van der Waals surface area contributed by atoms with Crippen LogP contribution >= 0.6 is 0 Å². The van der Waals surface area contributed by atoms with Crippen molar-refractivity contribution in [3.63, 3.8) is 0 Å². The number of fused-ring (bicyclic) bond motifs is 1. The number of methoxy groups -OCH3 is 1. The lowest BCUT2D eigenvalue weighted by Gasteiger charge is -2.29. The Bertz CT molecular complexity index is 447. The van der Waals surface area contributed by atoms with Gasteiger partial charge in [-0.25, -0.2) is 0 Å². The van der Waals surface area contributed by atoms with Gasteiger partial charge in [0, 0.05) is 18.5 Å². The molecule has 2 unspecified atom stereocenters. The van der Waals surface area contributed by atoms with Gasteiger partial charge >= 0.3 is 0 Å². The van der Waals surface area contributed by atoms with Gasteiger partial charge in [-0.05, 0) is 49.4 Å². The summed E-state index contributed by atoms with van der Waals surface area (Å²) in [4.78, 5) is 0. The summed E-state index contributed by atoms with van der Waals surface area (Å²) in [7, 11) is 1.72. The van der Waals surface area contributed by atoms with Gasteiger partial charge in [-0.15, -0.1) is 12.3 Å². The van der Waals surface area contributed by atoms with E-state index in [1.807, 2.05) is 6.07 Å². The summed E-state index contributed by atoms with van der Waals surface area (Å²) >= 11 is 0. The maximum absolute atomic E-state index is 5.36. The van der Waals surface area contributed by atoms with Crippen molar-refractivity contribution < 1.29 is 4.74 Å². The second kappa shape index (κ2) is 5.93. The van der Waals surface area contributed by atoms with Crippen LogP contribution in [-0.4, -0.2) is 13.2 Å². The summed E-state index contributed by atoms with van der Waals surface area (Å²) in [6, 6.07) is 7.20. The minimum atomic E-state index is 0.369. The second-order valence-electron chi connectivity index (χ2n) is 4.99. The van der Waals surface area contributed by atoms with Crippen LogP contribution in [-0.2, 0) is 6.42 Å². The third kappa shape index (κ3) is 2.86. The fourth-order valence-corrected chi connectivity index (χ4v) is 2.67. The molecule has 0 aliphatic heterocycles. The Morgan fingerprint density at radius 1 is 1.56 bits per heavy atom. The molecule has 96 valence electrons. The fourth-order valence-electron chi connectivity index (χ4n) is 2.67. The first-order valence-electron chi connectivity index (χ1n) is 6.61. The van der Waals surface area contributed by atoms with Crippen LogP contribution in [0, 0.1) is 12.3 Å². The monoisotopic (exact) mass is 243 g/mol. The minimum absolute atomic E-state index is 0.369. The Balaban J connectivity index is 2.15. The zero-order valence-electron chi connectivity index (χ0n) is 11.2. The normalized spacial score (nSPS) is 19.7. The van der Waals surface area contributed by atoms with Gasteiger partial charge in [0.1, 0.15) is 5.75 Å². The van der Waals surface area contributed by atoms with Gasteiger partial charge in [0.05, 0.1) is 7.11 Å². The van der Waals surface area contributed by atoms with E-state index < -0.39 is 0 Å². The van der Waals surface area contributed by atoms with Gasteiger partial charge in [0.2, 0.25) is 0 Å². The lowest BCUT2D eigenvalue weighted by atomic mass is 9.87. The molecule has 2 nitrogen and oxygen atoms in total. The summed E-state index contributed by atoms with van der Waals surface area (Å²) < 4.78 is 5.29. The third-order valence-corrected chi connectivity index (χ3v) is 3.57. The fraction of sp³-hybridized carbons (Fsp3) is 0.500. The van der Waals surface area contributed by atoms with Gasteiger partial charge in [0.15, 0.2) is 0 Å². The highest BCUT2D eigenvalue weighted by molar-refractivity contribution is 5.39. The van der Waals surface area contributed by atoms with E-state index in [9.17, 15) is 0 Å². The minimum Gasteiger partial charge on any atom is -0.497 e. The van der Waals surface area contributed by atoms with Crippen LogP contribution in [0.4, 0.5) is 0 Å². The van der Waals surface area contributed by atoms with E-state index in [1.54, 1.807) is 7.11 Å². The highest BCUT2D eigenvalue weighted by Crippen LogP contribution is 2.32. The zero-order valence-corrected chi connectivity index (χ0v) is 11.2. The Morgan fingerprint density at radius 2 is 2.39 bits per heavy atom. The van der Waals surface area contributed by atoms with Gasteiger partial charge in [0.25, 0.3) is 0 Å². The summed E-state index contributed by atoms with van der Waals surface area (Å²) in [6.07, 6.45) is 9.70. The quantitative estimate of drug-likeness (QED) is 0.821. The van der Waals surface area contributed by atoms with Crippen LogP contribution in [0.25, 0.3) is 0 Å². The smallest absolute Gasteiger partial charge is 0.119 e. The second-order valence-corrected chi connectivity index (χ2v) is 4.99. The number of terminal acetylenes is 1. The van der Waals surface area contributed by atoms with Crippen LogP contribution in [0.2, 0.25) is 0 Å². The molecule has 0 amide bonds. The lowest BCUT2D eigenvalue weighted by Crippen LogP contribution is -2.32. The van der Waals surface area contributed by atoms with Crippen molar-refractivity contribution in [1.29, 1.82) is 0 Å². The van der Waals surface area contributed by atoms with Crippen LogP contribution in [0.1, 0.15) is 43.4 Å². The van der Waals surface area contributed by atoms with Crippen molar-refractivity contribution in [2.24, 2.45) is 0 Å². The van der Waals surface area contributed by atoms with E-state index in [1.165, 1.54) is 24.0 Å². The standard InChI is InChI=1S/C16H21NO/c1-4-6-12(2)17-16-8-5-7-13-11-14(18-3)9-10-15(13)16/h1,9-12,16-17H,5-8H2,2-3H3. The summed E-state index contributed by atoms with van der Waals surface area (Å²) in [5.74, 6) is 3.67. The molecule has 1 aliphatic carbocycles. The Hall–Kier alpha value is -1.46. The average Bonchev–Trinajstić information content (AvgIpc) is 2.38. The Kier molecular flexibility index (Phi) is 4.28. The number of hydrogen-bond donors (Lipinski definition) is 1. The molecule has 0 aromatic heterocycles. The molecule has 0 spiro atoms. The van der Waals surface area contributed by atoms with Crippen molar-refractivity contribution in [3.05, 3.63) is 29.3 Å². The molecule has 0 radical (unpaired) electrons. The van der Waals surface area contributed by atoms with E-state index in [0.29, 0.717) is 12.1 Å². The van der Waals surface area contributed by atoms with E-state index in [0.717, 1.165) is 18.6 Å². The largest absolute Gasteiger partial charge is 0.497 e. The molecule has 0 fully saturated rings.